The van der Waals surface area contributed by atoms with Gasteiger partial charge in [0, 0.05) is 25.8 Å². The molecule has 0 unspecified atom stereocenters. The minimum atomic E-state index is 0.486. The number of imidazole rings is 1. The average Bonchev–Trinajstić information content (AvgIpc) is 2.74. The van der Waals surface area contributed by atoms with Gasteiger partial charge in [-0.05, 0) is 43.7 Å². The Bertz CT molecular complexity index is 823. The SMILES string of the molecule is Cc1cc(C)nc(N2CC(c3nc4ccccc4n3C)C2)c1. The van der Waals surface area contributed by atoms with Gasteiger partial charge in [0.1, 0.15) is 11.6 Å². The minimum Gasteiger partial charge on any atom is -0.355 e. The van der Waals surface area contributed by atoms with Crippen molar-refractivity contribution in [2.45, 2.75) is 19.8 Å². The van der Waals surface area contributed by atoms with Crippen molar-refractivity contribution in [1.29, 1.82) is 0 Å². The first-order chi connectivity index (χ1) is 10.6. The van der Waals surface area contributed by atoms with Gasteiger partial charge in [0.05, 0.1) is 17.0 Å². The number of nitrogens with zero attached hydrogens (tertiary/aromatic N) is 4. The molecule has 1 aliphatic heterocycles. The smallest absolute Gasteiger partial charge is 0.129 e. The van der Waals surface area contributed by atoms with Crippen LogP contribution in [-0.4, -0.2) is 27.6 Å². The normalized spacial score (nSPS) is 15.3. The number of anilines is 1. The van der Waals surface area contributed by atoms with E-state index >= 15 is 0 Å². The quantitative estimate of drug-likeness (QED) is 0.727. The molecule has 1 fully saturated rings. The Morgan fingerprint density at radius 2 is 1.82 bits per heavy atom. The monoisotopic (exact) mass is 292 g/mol. The Labute approximate surface area is 130 Å². The largest absolute Gasteiger partial charge is 0.355 e. The zero-order chi connectivity index (χ0) is 15.3. The maximum atomic E-state index is 4.81. The minimum absolute atomic E-state index is 0.486. The Balaban J connectivity index is 1.58. The molecule has 4 nitrogen and oxygen atoms in total. The number of fused-ring (bicyclic) bond motifs is 1. The third-order valence-electron chi connectivity index (χ3n) is 4.48. The number of pyridine rings is 1. The molecule has 3 aromatic rings. The number of aryl methyl sites for hydroxylation is 3. The fraction of sp³-hybridized carbons (Fsp3) is 0.333. The molecule has 1 aromatic carbocycles. The van der Waals surface area contributed by atoms with Crippen LogP contribution in [0.1, 0.15) is 23.0 Å². The van der Waals surface area contributed by atoms with Crippen molar-refractivity contribution in [3.05, 3.63) is 53.5 Å². The van der Waals surface area contributed by atoms with Crippen LogP contribution in [0.2, 0.25) is 0 Å². The zero-order valence-electron chi connectivity index (χ0n) is 13.2. The molecular formula is C18H20N4. The lowest BCUT2D eigenvalue weighted by Gasteiger charge is -2.39. The molecule has 0 radical (unpaired) electrons. The molecule has 4 heteroatoms. The number of hydrogen-bond donors (Lipinski definition) is 0. The van der Waals surface area contributed by atoms with Crippen molar-refractivity contribution >= 4 is 16.9 Å². The second-order valence-electron chi connectivity index (χ2n) is 6.26. The average molecular weight is 292 g/mol. The van der Waals surface area contributed by atoms with E-state index in [1.165, 1.54) is 16.9 Å². The number of rotatable bonds is 2. The summed E-state index contributed by atoms with van der Waals surface area (Å²) in [6.45, 7) is 6.17. The van der Waals surface area contributed by atoms with Crippen LogP contribution in [0.15, 0.2) is 36.4 Å². The summed E-state index contributed by atoms with van der Waals surface area (Å²) in [5.41, 5.74) is 4.65. The summed E-state index contributed by atoms with van der Waals surface area (Å²) < 4.78 is 2.23. The molecule has 3 heterocycles. The summed E-state index contributed by atoms with van der Waals surface area (Å²) in [5.74, 6) is 2.76. The predicted octanol–water partition coefficient (Wildman–Crippen LogP) is 3.19. The van der Waals surface area contributed by atoms with Gasteiger partial charge in [-0.1, -0.05) is 12.1 Å². The van der Waals surface area contributed by atoms with Gasteiger partial charge in [-0.25, -0.2) is 9.97 Å². The van der Waals surface area contributed by atoms with Crippen LogP contribution in [0.5, 0.6) is 0 Å². The Hall–Kier alpha value is -2.36. The van der Waals surface area contributed by atoms with Crippen molar-refractivity contribution in [1.82, 2.24) is 14.5 Å². The van der Waals surface area contributed by atoms with Gasteiger partial charge in [0.25, 0.3) is 0 Å². The highest BCUT2D eigenvalue weighted by molar-refractivity contribution is 5.76. The van der Waals surface area contributed by atoms with Crippen molar-refractivity contribution in [3.8, 4) is 0 Å². The molecule has 0 bridgehead atoms. The Kier molecular flexibility index (Phi) is 2.93. The van der Waals surface area contributed by atoms with Crippen molar-refractivity contribution < 1.29 is 0 Å². The van der Waals surface area contributed by atoms with Gasteiger partial charge < -0.3 is 9.47 Å². The van der Waals surface area contributed by atoms with E-state index in [0.29, 0.717) is 5.92 Å². The highest BCUT2D eigenvalue weighted by atomic mass is 15.3. The number of benzene rings is 1. The Morgan fingerprint density at radius 3 is 2.55 bits per heavy atom. The second kappa shape index (κ2) is 4.83. The van der Waals surface area contributed by atoms with E-state index in [2.05, 4.69) is 65.7 Å². The molecule has 0 saturated carbocycles. The highest BCUT2D eigenvalue weighted by Gasteiger charge is 2.32. The van der Waals surface area contributed by atoms with Gasteiger partial charge in [-0.15, -0.1) is 0 Å². The molecule has 0 amide bonds. The third-order valence-corrected chi connectivity index (χ3v) is 4.48. The first kappa shape index (κ1) is 13.3. The van der Waals surface area contributed by atoms with Crippen molar-refractivity contribution in [2.24, 2.45) is 7.05 Å². The molecule has 112 valence electrons. The van der Waals surface area contributed by atoms with E-state index in [1.54, 1.807) is 0 Å². The summed E-state index contributed by atoms with van der Waals surface area (Å²) in [6, 6.07) is 12.6. The van der Waals surface area contributed by atoms with E-state index in [-0.39, 0.29) is 0 Å². The molecular weight excluding hydrogens is 272 g/mol. The van der Waals surface area contributed by atoms with Gasteiger partial charge in [-0.2, -0.15) is 0 Å². The lowest BCUT2D eigenvalue weighted by Crippen LogP contribution is -2.46. The predicted molar refractivity (Wildman–Crippen MR) is 89.4 cm³/mol. The summed E-state index contributed by atoms with van der Waals surface area (Å²) in [6.07, 6.45) is 0. The molecule has 0 spiro atoms. The van der Waals surface area contributed by atoms with E-state index in [4.69, 9.17) is 4.98 Å². The number of hydrogen-bond acceptors (Lipinski definition) is 3. The molecule has 1 saturated heterocycles. The highest BCUT2D eigenvalue weighted by Crippen LogP contribution is 2.32. The second-order valence-corrected chi connectivity index (χ2v) is 6.26. The summed E-state index contributed by atoms with van der Waals surface area (Å²) in [5, 5.41) is 0. The van der Waals surface area contributed by atoms with E-state index in [1.807, 2.05) is 6.07 Å². The molecule has 0 aliphatic carbocycles. The fourth-order valence-corrected chi connectivity index (χ4v) is 3.34. The topological polar surface area (TPSA) is 34.0 Å². The maximum Gasteiger partial charge on any atom is 0.129 e. The van der Waals surface area contributed by atoms with Gasteiger partial charge in [-0.3, -0.25) is 0 Å². The first-order valence-electron chi connectivity index (χ1n) is 7.73. The molecule has 22 heavy (non-hydrogen) atoms. The molecule has 2 aromatic heterocycles. The molecule has 4 rings (SSSR count). The lowest BCUT2D eigenvalue weighted by atomic mass is 9.99. The van der Waals surface area contributed by atoms with Crippen molar-refractivity contribution in [2.75, 3.05) is 18.0 Å². The molecule has 0 N–H and O–H groups in total. The molecule has 1 aliphatic rings. The van der Waals surface area contributed by atoms with E-state index in [9.17, 15) is 0 Å². The van der Waals surface area contributed by atoms with Crippen LogP contribution >= 0.6 is 0 Å². The maximum absolute atomic E-state index is 4.81. The van der Waals surface area contributed by atoms with Crippen LogP contribution in [0.3, 0.4) is 0 Å². The lowest BCUT2D eigenvalue weighted by molar-refractivity contribution is 0.486. The number of aromatic nitrogens is 3. The summed E-state index contributed by atoms with van der Waals surface area (Å²) in [7, 11) is 2.11. The van der Waals surface area contributed by atoms with Crippen LogP contribution < -0.4 is 4.90 Å². The third kappa shape index (κ3) is 2.06. The summed E-state index contributed by atoms with van der Waals surface area (Å²) >= 11 is 0. The van der Waals surface area contributed by atoms with Crippen LogP contribution in [0.4, 0.5) is 5.82 Å². The zero-order valence-corrected chi connectivity index (χ0v) is 13.2. The van der Waals surface area contributed by atoms with Gasteiger partial charge >= 0.3 is 0 Å². The standard InChI is InChI=1S/C18H20N4/c1-12-8-13(2)19-17(9-12)22-10-14(11-22)18-20-15-6-4-5-7-16(15)21(18)3/h4-9,14H,10-11H2,1-3H3. The number of para-hydroxylation sites is 2. The first-order valence-corrected chi connectivity index (χ1v) is 7.73. The van der Waals surface area contributed by atoms with Crippen molar-refractivity contribution in [3.63, 3.8) is 0 Å². The van der Waals surface area contributed by atoms with E-state index in [0.717, 1.165) is 30.1 Å². The van der Waals surface area contributed by atoms with Crippen LogP contribution in [-0.2, 0) is 7.05 Å². The molecule has 0 atom stereocenters. The van der Waals surface area contributed by atoms with E-state index < -0.39 is 0 Å². The van der Waals surface area contributed by atoms with Crippen LogP contribution in [0, 0.1) is 13.8 Å². The summed E-state index contributed by atoms with van der Waals surface area (Å²) in [4.78, 5) is 11.8. The van der Waals surface area contributed by atoms with Gasteiger partial charge in [0.2, 0.25) is 0 Å². The van der Waals surface area contributed by atoms with Gasteiger partial charge in [0.15, 0.2) is 0 Å². The fourth-order valence-electron chi connectivity index (χ4n) is 3.34. The van der Waals surface area contributed by atoms with Crippen LogP contribution in [0.25, 0.3) is 11.0 Å². The Morgan fingerprint density at radius 1 is 1.05 bits per heavy atom.